The summed E-state index contributed by atoms with van der Waals surface area (Å²) < 4.78 is 10.5. The first-order chi connectivity index (χ1) is 12.5. The van der Waals surface area contributed by atoms with Crippen LogP contribution in [-0.4, -0.2) is 24.7 Å². The van der Waals surface area contributed by atoms with Crippen molar-refractivity contribution in [3.05, 3.63) is 58.2 Å². The number of anilines is 2. The van der Waals surface area contributed by atoms with E-state index >= 15 is 0 Å². The topological polar surface area (TPSA) is 60.5 Å². The second kappa shape index (κ2) is 7.81. The van der Waals surface area contributed by atoms with E-state index in [-0.39, 0.29) is 6.61 Å². The second-order valence-electron chi connectivity index (χ2n) is 5.41. The first kappa shape index (κ1) is 18.3. The third kappa shape index (κ3) is 3.69. The molecule has 1 heterocycles. The fourth-order valence-corrected chi connectivity index (χ4v) is 2.98. The second-order valence-corrected chi connectivity index (χ2v) is 6.25. The Balaban J connectivity index is 2.22. The summed E-state index contributed by atoms with van der Waals surface area (Å²) in [5.74, 6) is 0.0106. The number of pyridine rings is 1. The highest BCUT2D eigenvalue weighted by Crippen LogP contribution is 2.36. The van der Waals surface area contributed by atoms with Gasteiger partial charge >= 0.3 is 5.97 Å². The minimum Gasteiger partial charge on any atom is -0.495 e. The average molecular weight is 391 g/mol. The molecule has 3 aromatic rings. The molecule has 0 amide bonds. The van der Waals surface area contributed by atoms with Gasteiger partial charge in [0.25, 0.3) is 0 Å². The first-order valence-electron chi connectivity index (χ1n) is 7.89. The number of halogens is 2. The maximum atomic E-state index is 12.4. The number of ether oxygens (including phenoxy) is 2. The SMILES string of the molecule is CCOC(=O)c1cnc2cc(Cl)c(OC)cc2c1Nc1cccc(Cl)c1. The van der Waals surface area contributed by atoms with Crippen molar-refractivity contribution >= 4 is 51.4 Å². The van der Waals surface area contributed by atoms with Crippen LogP contribution in [0.15, 0.2) is 42.6 Å². The Labute approximate surface area is 160 Å². The fraction of sp³-hybridized carbons (Fsp3) is 0.158. The van der Waals surface area contributed by atoms with Crippen LogP contribution >= 0.6 is 23.2 Å². The molecule has 134 valence electrons. The maximum absolute atomic E-state index is 12.4. The fourth-order valence-electron chi connectivity index (χ4n) is 2.56. The predicted octanol–water partition coefficient (Wildman–Crippen LogP) is 5.47. The van der Waals surface area contributed by atoms with E-state index in [4.69, 9.17) is 32.7 Å². The Morgan fingerprint density at radius 1 is 1.23 bits per heavy atom. The van der Waals surface area contributed by atoms with Crippen molar-refractivity contribution in [2.75, 3.05) is 19.0 Å². The molecule has 0 unspecified atom stereocenters. The van der Waals surface area contributed by atoms with E-state index in [1.54, 1.807) is 31.2 Å². The molecular formula is C19H16Cl2N2O3. The number of carbonyl (C=O) groups is 1. The average Bonchev–Trinajstić information content (AvgIpc) is 2.61. The van der Waals surface area contributed by atoms with E-state index in [0.717, 1.165) is 5.69 Å². The molecule has 5 nitrogen and oxygen atoms in total. The van der Waals surface area contributed by atoms with Gasteiger partial charge in [0.05, 0.1) is 29.9 Å². The largest absolute Gasteiger partial charge is 0.495 e. The summed E-state index contributed by atoms with van der Waals surface area (Å²) in [6.45, 7) is 2.01. The summed E-state index contributed by atoms with van der Waals surface area (Å²) in [5.41, 5.74) is 2.20. The number of rotatable bonds is 5. The first-order valence-corrected chi connectivity index (χ1v) is 8.65. The van der Waals surface area contributed by atoms with Crippen molar-refractivity contribution in [1.82, 2.24) is 4.98 Å². The summed E-state index contributed by atoms with van der Waals surface area (Å²) in [4.78, 5) is 16.7. The third-order valence-electron chi connectivity index (χ3n) is 3.73. The zero-order valence-electron chi connectivity index (χ0n) is 14.2. The highest BCUT2D eigenvalue weighted by atomic mass is 35.5. The van der Waals surface area contributed by atoms with Crippen LogP contribution in [-0.2, 0) is 4.74 Å². The lowest BCUT2D eigenvalue weighted by molar-refractivity contribution is 0.0527. The molecular weight excluding hydrogens is 375 g/mol. The predicted molar refractivity (Wildman–Crippen MR) is 104 cm³/mol. The molecule has 0 saturated carbocycles. The van der Waals surface area contributed by atoms with Gasteiger partial charge in [-0.05, 0) is 37.3 Å². The molecule has 0 aliphatic heterocycles. The lowest BCUT2D eigenvalue weighted by Crippen LogP contribution is -2.09. The van der Waals surface area contributed by atoms with E-state index < -0.39 is 5.97 Å². The van der Waals surface area contributed by atoms with Crippen LogP contribution in [0.3, 0.4) is 0 Å². The molecule has 1 aromatic heterocycles. The number of esters is 1. The van der Waals surface area contributed by atoms with E-state index in [2.05, 4.69) is 10.3 Å². The molecule has 0 bridgehead atoms. The third-order valence-corrected chi connectivity index (χ3v) is 4.26. The van der Waals surface area contributed by atoms with Gasteiger partial charge in [0.15, 0.2) is 0 Å². The van der Waals surface area contributed by atoms with Crippen LogP contribution in [0.1, 0.15) is 17.3 Å². The summed E-state index contributed by atoms with van der Waals surface area (Å²) in [6.07, 6.45) is 1.47. The van der Waals surface area contributed by atoms with Gasteiger partial charge in [-0.25, -0.2) is 4.79 Å². The monoisotopic (exact) mass is 390 g/mol. The number of aromatic nitrogens is 1. The molecule has 0 radical (unpaired) electrons. The highest BCUT2D eigenvalue weighted by molar-refractivity contribution is 6.33. The normalized spacial score (nSPS) is 10.6. The Morgan fingerprint density at radius 2 is 2.04 bits per heavy atom. The van der Waals surface area contributed by atoms with Crippen molar-refractivity contribution in [2.24, 2.45) is 0 Å². The summed E-state index contributed by atoms with van der Waals surface area (Å²) in [7, 11) is 1.53. The van der Waals surface area contributed by atoms with Crippen molar-refractivity contribution in [2.45, 2.75) is 6.92 Å². The molecule has 1 N–H and O–H groups in total. The highest BCUT2D eigenvalue weighted by Gasteiger charge is 2.18. The van der Waals surface area contributed by atoms with E-state index in [0.29, 0.717) is 37.9 Å². The quantitative estimate of drug-likeness (QED) is 0.585. The van der Waals surface area contributed by atoms with Gasteiger partial charge in [0.1, 0.15) is 11.3 Å². The number of carbonyl (C=O) groups excluding carboxylic acids is 1. The summed E-state index contributed by atoms with van der Waals surface area (Å²) in [6, 6.07) is 10.6. The minimum absolute atomic E-state index is 0.261. The Morgan fingerprint density at radius 3 is 2.73 bits per heavy atom. The van der Waals surface area contributed by atoms with Gasteiger partial charge in [-0.1, -0.05) is 29.3 Å². The smallest absolute Gasteiger partial charge is 0.341 e. The van der Waals surface area contributed by atoms with Crippen LogP contribution in [0.25, 0.3) is 10.9 Å². The zero-order chi connectivity index (χ0) is 18.7. The molecule has 3 rings (SSSR count). The lowest BCUT2D eigenvalue weighted by atomic mass is 10.1. The molecule has 0 atom stereocenters. The molecule has 0 fully saturated rings. The van der Waals surface area contributed by atoms with Crippen LogP contribution < -0.4 is 10.1 Å². The van der Waals surface area contributed by atoms with Gasteiger partial charge in [-0.3, -0.25) is 4.98 Å². The number of methoxy groups -OCH3 is 1. The Bertz CT molecular complexity index is 976. The van der Waals surface area contributed by atoms with Gasteiger partial charge in [0.2, 0.25) is 0 Å². The van der Waals surface area contributed by atoms with E-state index in [9.17, 15) is 4.79 Å². The molecule has 7 heteroatoms. The van der Waals surface area contributed by atoms with E-state index in [1.165, 1.54) is 13.3 Å². The van der Waals surface area contributed by atoms with Gasteiger partial charge in [0, 0.05) is 22.3 Å². The van der Waals surface area contributed by atoms with Crippen LogP contribution in [0.2, 0.25) is 10.0 Å². The molecule has 26 heavy (non-hydrogen) atoms. The number of benzene rings is 2. The lowest BCUT2D eigenvalue weighted by Gasteiger charge is -2.15. The van der Waals surface area contributed by atoms with E-state index in [1.807, 2.05) is 12.1 Å². The zero-order valence-corrected chi connectivity index (χ0v) is 15.7. The van der Waals surface area contributed by atoms with Gasteiger partial charge < -0.3 is 14.8 Å². The number of nitrogens with zero attached hydrogens (tertiary/aromatic N) is 1. The van der Waals surface area contributed by atoms with Crippen LogP contribution in [0.5, 0.6) is 5.75 Å². The number of nitrogens with one attached hydrogen (secondary N) is 1. The van der Waals surface area contributed by atoms with Crippen molar-refractivity contribution in [3.8, 4) is 5.75 Å². The summed E-state index contributed by atoms with van der Waals surface area (Å²) in [5, 5.41) is 4.93. The molecule has 0 aliphatic carbocycles. The number of hydrogen-bond acceptors (Lipinski definition) is 5. The van der Waals surface area contributed by atoms with Crippen molar-refractivity contribution < 1.29 is 14.3 Å². The summed E-state index contributed by atoms with van der Waals surface area (Å²) >= 11 is 12.3. The van der Waals surface area contributed by atoms with Crippen molar-refractivity contribution in [1.29, 1.82) is 0 Å². The Hall–Kier alpha value is -2.50. The minimum atomic E-state index is -0.472. The molecule has 0 aliphatic rings. The maximum Gasteiger partial charge on any atom is 0.341 e. The standard InChI is InChI=1S/C19H16Cl2N2O3/c1-3-26-19(24)14-10-22-16-9-15(21)17(25-2)8-13(16)18(14)23-12-6-4-5-11(20)7-12/h4-10H,3H2,1-2H3,(H,22,23). The molecule has 0 spiro atoms. The Kier molecular flexibility index (Phi) is 5.49. The van der Waals surface area contributed by atoms with Crippen LogP contribution in [0, 0.1) is 0 Å². The van der Waals surface area contributed by atoms with Gasteiger partial charge in [-0.2, -0.15) is 0 Å². The van der Waals surface area contributed by atoms with Crippen LogP contribution in [0.4, 0.5) is 11.4 Å². The van der Waals surface area contributed by atoms with Gasteiger partial charge in [-0.15, -0.1) is 0 Å². The molecule has 0 saturated heterocycles. The molecule has 2 aromatic carbocycles. The number of fused-ring (bicyclic) bond motifs is 1. The van der Waals surface area contributed by atoms with Crippen molar-refractivity contribution in [3.63, 3.8) is 0 Å². The number of hydrogen-bond donors (Lipinski definition) is 1.